The van der Waals surface area contributed by atoms with Crippen molar-refractivity contribution >= 4 is 50.8 Å². The quantitative estimate of drug-likeness (QED) is 0.689. The number of carbonyl (C=O) groups excluding carboxylic acids is 1. The number of nitrogens with one attached hydrogen (secondary N) is 1. The van der Waals surface area contributed by atoms with Gasteiger partial charge in [-0.05, 0) is 36.4 Å². The van der Waals surface area contributed by atoms with E-state index in [4.69, 9.17) is 11.6 Å². The first kappa shape index (κ1) is 14.8. The van der Waals surface area contributed by atoms with Gasteiger partial charge in [-0.3, -0.25) is 9.20 Å². The fourth-order valence-electron chi connectivity index (χ4n) is 2.04. The van der Waals surface area contributed by atoms with Crippen molar-refractivity contribution in [1.29, 1.82) is 0 Å². The highest BCUT2D eigenvalue weighted by molar-refractivity contribution is 9.10. The Balaban J connectivity index is 1.81. The first-order valence-electron chi connectivity index (χ1n) is 6.51. The number of hydrogen-bond donors (Lipinski definition) is 1. The molecular weight excluding hydrogens is 366 g/mol. The minimum atomic E-state index is -0.236. The van der Waals surface area contributed by atoms with Crippen LogP contribution in [0.5, 0.6) is 0 Å². The van der Waals surface area contributed by atoms with Crippen LogP contribution in [0.25, 0.3) is 11.7 Å². The molecule has 4 nitrogen and oxygen atoms in total. The summed E-state index contributed by atoms with van der Waals surface area (Å²) >= 11 is 9.47. The van der Waals surface area contributed by atoms with Gasteiger partial charge in [-0.25, -0.2) is 4.98 Å². The molecule has 1 aromatic carbocycles. The summed E-state index contributed by atoms with van der Waals surface area (Å²) in [6.07, 6.45) is 4.93. The minimum Gasteiger partial charge on any atom is -0.322 e. The van der Waals surface area contributed by atoms with Gasteiger partial charge in [-0.1, -0.05) is 39.7 Å². The Morgan fingerprint density at radius 1 is 1.27 bits per heavy atom. The number of fused-ring (bicyclic) bond motifs is 1. The lowest BCUT2D eigenvalue weighted by atomic mass is 10.3. The molecule has 0 aliphatic rings. The Bertz CT molecular complexity index is 873. The molecule has 3 aromatic rings. The maximum Gasteiger partial charge on any atom is 0.248 e. The van der Waals surface area contributed by atoms with Crippen LogP contribution in [0.2, 0.25) is 5.15 Å². The maximum absolute atomic E-state index is 12.0. The summed E-state index contributed by atoms with van der Waals surface area (Å²) in [7, 11) is 0. The van der Waals surface area contributed by atoms with E-state index < -0.39 is 0 Å². The number of rotatable bonds is 3. The number of halogens is 2. The molecule has 0 aliphatic carbocycles. The van der Waals surface area contributed by atoms with Crippen LogP contribution in [0.3, 0.4) is 0 Å². The van der Waals surface area contributed by atoms with Crippen molar-refractivity contribution in [3.05, 3.63) is 70.1 Å². The van der Waals surface area contributed by atoms with E-state index >= 15 is 0 Å². The van der Waals surface area contributed by atoms with Gasteiger partial charge in [-0.15, -0.1) is 0 Å². The molecule has 0 fully saturated rings. The molecule has 110 valence electrons. The molecule has 0 atom stereocenters. The highest BCUT2D eigenvalue weighted by Gasteiger charge is 2.07. The third-order valence-electron chi connectivity index (χ3n) is 3.01. The van der Waals surface area contributed by atoms with Gasteiger partial charge in [0.15, 0.2) is 5.15 Å². The number of carbonyl (C=O) groups is 1. The second-order valence-electron chi connectivity index (χ2n) is 4.55. The van der Waals surface area contributed by atoms with Gasteiger partial charge in [0.1, 0.15) is 5.65 Å². The summed E-state index contributed by atoms with van der Waals surface area (Å²) in [6.45, 7) is 0. The van der Waals surface area contributed by atoms with Crippen molar-refractivity contribution in [3.63, 3.8) is 0 Å². The zero-order valence-corrected chi connectivity index (χ0v) is 13.7. The average Bonchev–Trinajstić information content (AvgIpc) is 2.80. The predicted molar refractivity (Wildman–Crippen MR) is 92.0 cm³/mol. The molecule has 0 bridgehead atoms. The van der Waals surface area contributed by atoms with E-state index in [1.807, 2.05) is 53.1 Å². The zero-order chi connectivity index (χ0) is 15.5. The van der Waals surface area contributed by atoms with E-state index in [1.165, 1.54) is 6.08 Å². The SMILES string of the molecule is O=C(/C=C/c1c(Cl)nc2ccccn12)Nc1cccc(Br)c1. The number of pyridine rings is 1. The Hall–Kier alpha value is -2.11. The first-order valence-corrected chi connectivity index (χ1v) is 7.68. The second kappa shape index (κ2) is 6.34. The average molecular weight is 377 g/mol. The highest BCUT2D eigenvalue weighted by Crippen LogP contribution is 2.19. The molecule has 0 spiro atoms. The maximum atomic E-state index is 12.0. The molecule has 1 N–H and O–H groups in total. The summed E-state index contributed by atoms with van der Waals surface area (Å²) in [4.78, 5) is 16.2. The number of imidazole rings is 1. The van der Waals surface area contributed by atoms with Crippen molar-refractivity contribution in [1.82, 2.24) is 9.38 Å². The third-order valence-corrected chi connectivity index (χ3v) is 3.78. The smallest absolute Gasteiger partial charge is 0.248 e. The summed E-state index contributed by atoms with van der Waals surface area (Å²) in [5.41, 5.74) is 2.12. The van der Waals surface area contributed by atoms with Crippen molar-refractivity contribution < 1.29 is 4.79 Å². The monoisotopic (exact) mass is 375 g/mol. The second-order valence-corrected chi connectivity index (χ2v) is 5.82. The Labute approximate surface area is 140 Å². The van der Waals surface area contributed by atoms with Crippen LogP contribution in [-0.2, 0) is 4.79 Å². The van der Waals surface area contributed by atoms with Gasteiger partial charge in [0.2, 0.25) is 5.91 Å². The van der Waals surface area contributed by atoms with E-state index in [0.29, 0.717) is 16.5 Å². The topological polar surface area (TPSA) is 46.4 Å². The predicted octanol–water partition coefficient (Wildman–Crippen LogP) is 4.40. The van der Waals surface area contributed by atoms with Crippen LogP contribution >= 0.6 is 27.5 Å². The molecule has 1 amide bonds. The van der Waals surface area contributed by atoms with Gasteiger partial charge < -0.3 is 5.32 Å². The fourth-order valence-corrected chi connectivity index (χ4v) is 2.68. The molecule has 6 heteroatoms. The van der Waals surface area contributed by atoms with Crippen LogP contribution in [0, 0.1) is 0 Å². The van der Waals surface area contributed by atoms with Crippen LogP contribution < -0.4 is 5.32 Å². The minimum absolute atomic E-state index is 0.236. The molecule has 22 heavy (non-hydrogen) atoms. The summed E-state index contributed by atoms with van der Waals surface area (Å²) in [5.74, 6) is -0.236. The van der Waals surface area contributed by atoms with E-state index in [1.54, 1.807) is 6.08 Å². The Morgan fingerprint density at radius 2 is 2.14 bits per heavy atom. The van der Waals surface area contributed by atoms with Gasteiger partial charge in [0.25, 0.3) is 0 Å². The zero-order valence-electron chi connectivity index (χ0n) is 11.3. The first-order chi connectivity index (χ1) is 10.6. The van der Waals surface area contributed by atoms with Crippen LogP contribution in [0.4, 0.5) is 5.69 Å². The molecule has 2 aromatic heterocycles. The third kappa shape index (κ3) is 3.21. The number of nitrogens with zero attached hydrogens (tertiary/aromatic N) is 2. The largest absolute Gasteiger partial charge is 0.322 e. The lowest BCUT2D eigenvalue weighted by Crippen LogP contribution is -2.07. The molecule has 2 heterocycles. The molecule has 0 radical (unpaired) electrons. The van der Waals surface area contributed by atoms with Crippen molar-refractivity contribution in [3.8, 4) is 0 Å². The lowest BCUT2D eigenvalue weighted by molar-refractivity contribution is -0.111. The summed E-state index contributed by atoms with van der Waals surface area (Å²) in [5, 5.41) is 3.14. The normalized spacial score (nSPS) is 11.2. The summed E-state index contributed by atoms with van der Waals surface area (Å²) < 4.78 is 2.73. The van der Waals surface area contributed by atoms with Crippen LogP contribution in [0.15, 0.2) is 59.2 Å². The molecule has 0 saturated carbocycles. The standard InChI is InChI=1S/C16H11BrClN3O/c17-11-4-3-5-12(10-11)19-15(22)8-7-13-16(18)20-14-6-1-2-9-21(13)14/h1-10H,(H,19,22)/b8-7+. The van der Waals surface area contributed by atoms with E-state index in [9.17, 15) is 4.79 Å². The van der Waals surface area contributed by atoms with Gasteiger partial charge in [-0.2, -0.15) is 0 Å². The summed E-state index contributed by atoms with van der Waals surface area (Å²) in [6, 6.07) is 13.0. The molecule has 0 aliphatic heterocycles. The van der Waals surface area contributed by atoms with E-state index in [-0.39, 0.29) is 5.91 Å². The Kier molecular flexibility index (Phi) is 4.27. The van der Waals surface area contributed by atoms with Crippen LogP contribution in [-0.4, -0.2) is 15.3 Å². The number of anilines is 1. The molecule has 0 saturated heterocycles. The molecule has 3 rings (SSSR count). The van der Waals surface area contributed by atoms with Gasteiger partial charge >= 0.3 is 0 Å². The number of benzene rings is 1. The van der Waals surface area contributed by atoms with Crippen LogP contribution in [0.1, 0.15) is 5.69 Å². The van der Waals surface area contributed by atoms with Gasteiger partial charge in [0, 0.05) is 22.4 Å². The van der Waals surface area contributed by atoms with Crippen molar-refractivity contribution in [2.24, 2.45) is 0 Å². The van der Waals surface area contributed by atoms with Crippen molar-refractivity contribution in [2.45, 2.75) is 0 Å². The Morgan fingerprint density at radius 3 is 2.95 bits per heavy atom. The fraction of sp³-hybridized carbons (Fsp3) is 0. The number of hydrogen-bond acceptors (Lipinski definition) is 2. The number of aromatic nitrogens is 2. The van der Waals surface area contributed by atoms with E-state index in [0.717, 1.165) is 10.1 Å². The lowest BCUT2D eigenvalue weighted by Gasteiger charge is -2.02. The highest BCUT2D eigenvalue weighted by atomic mass is 79.9. The van der Waals surface area contributed by atoms with Gasteiger partial charge in [0.05, 0.1) is 5.69 Å². The van der Waals surface area contributed by atoms with Crippen molar-refractivity contribution in [2.75, 3.05) is 5.32 Å². The molecular formula is C16H11BrClN3O. The number of amides is 1. The molecule has 0 unspecified atom stereocenters. The van der Waals surface area contributed by atoms with E-state index in [2.05, 4.69) is 26.2 Å².